The zero-order valence-corrected chi connectivity index (χ0v) is 18.0. The van der Waals surface area contributed by atoms with Gasteiger partial charge in [-0.1, -0.05) is 19.8 Å². The molecule has 1 aliphatic rings. The van der Waals surface area contributed by atoms with Crippen LogP contribution in [0.15, 0.2) is 54.7 Å². The molecular formula is C24H28N4O3. The van der Waals surface area contributed by atoms with E-state index in [0.29, 0.717) is 17.2 Å². The van der Waals surface area contributed by atoms with Crippen LogP contribution in [0.2, 0.25) is 0 Å². The van der Waals surface area contributed by atoms with Crippen LogP contribution in [0.25, 0.3) is 11.3 Å². The van der Waals surface area contributed by atoms with Gasteiger partial charge in [-0.3, -0.25) is 14.8 Å². The Morgan fingerprint density at radius 2 is 1.81 bits per heavy atom. The van der Waals surface area contributed by atoms with Gasteiger partial charge in [0.15, 0.2) is 0 Å². The third-order valence-corrected chi connectivity index (χ3v) is 5.90. The number of nitrogens with zero attached hydrogens (tertiary/aromatic N) is 4. The van der Waals surface area contributed by atoms with Gasteiger partial charge in [0, 0.05) is 44.0 Å². The van der Waals surface area contributed by atoms with Crippen LogP contribution >= 0.6 is 0 Å². The average Bonchev–Trinajstić information content (AvgIpc) is 3.21. The molecule has 0 aliphatic carbocycles. The van der Waals surface area contributed by atoms with Crippen LogP contribution < -0.4 is 9.64 Å². The summed E-state index contributed by atoms with van der Waals surface area (Å²) in [6, 6.07) is 14.7. The topological polar surface area (TPSA) is 73.4 Å². The summed E-state index contributed by atoms with van der Waals surface area (Å²) in [6.07, 6.45) is 6.47. The molecule has 1 aromatic heterocycles. The van der Waals surface area contributed by atoms with E-state index in [2.05, 4.69) is 16.9 Å². The van der Waals surface area contributed by atoms with Crippen molar-refractivity contribution < 1.29 is 9.66 Å². The van der Waals surface area contributed by atoms with Gasteiger partial charge in [-0.15, -0.1) is 0 Å². The molecule has 1 aliphatic heterocycles. The Morgan fingerprint density at radius 1 is 1.10 bits per heavy atom. The fraction of sp³-hybridized carbons (Fsp3) is 0.375. The lowest BCUT2D eigenvalue weighted by Crippen LogP contribution is -2.34. The van der Waals surface area contributed by atoms with Crippen molar-refractivity contribution in [2.75, 3.05) is 18.0 Å². The first-order valence-corrected chi connectivity index (χ1v) is 10.8. The SMILES string of the molecule is CCCC1CCN(c2cc(Oc3ccc(-c4ccn(C)n4)cc3)ccc2[N+](=O)[O-])CC1. The van der Waals surface area contributed by atoms with Crippen molar-refractivity contribution >= 4 is 11.4 Å². The second-order valence-corrected chi connectivity index (χ2v) is 8.13. The van der Waals surface area contributed by atoms with Crippen molar-refractivity contribution in [2.24, 2.45) is 13.0 Å². The maximum atomic E-state index is 11.6. The minimum absolute atomic E-state index is 0.131. The first-order valence-electron chi connectivity index (χ1n) is 10.8. The molecule has 3 aromatic rings. The van der Waals surface area contributed by atoms with Gasteiger partial charge in [0.2, 0.25) is 0 Å². The summed E-state index contributed by atoms with van der Waals surface area (Å²) in [7, 11) is 1.89. The lowest BCUT2D eigenvalue weighted by atomic mass is 9.92. The number of piperidine rings is 1. The fourth-order valence-electron chi connectivity index (χ4n) is 4.24. The number of anilines is 1. The minimum atomic E-state index is -0.307. The fourth-order valence-corrected chi connectivity index (χ4v) is 4.24. The predicted molar refractivity (Wildman–Crippen MR) is 122 cm³/mol. The number of nitro groups is 1. The summed E-state index contributed by atoms with van der Waals surface area (Å²) in [4.78, 5) is 13.4. The standard InChI is InChI=1S/C24H28N4O3/c1-3-4-18-11-15-27(16-12-18)24-17-21(9-10-23(24)28(29)30)31-20-7-5-19(6-8-20)22-13-14-26(2)25-22/h5-10,13-14,17-18H,3-4,11-12,15-16H2,1-2H3. The van der Waals surface area contributed by atoms with Crippen LogP contribution in [0, 0.1) is 16.0 Å². The van der Waals surface area contributed by atoms with Crippen molar-refractivity contribution in [2.45, 2.75) is 32.6 Å². The molecule has 0 atom stereocenters. The summed E-state index contributed by atoms with van der Waals surface area (Å²) in [5.41, 5.74) is 2.68. The van der Waals surface area contributed by atoms with Crippen LogP contribution in [0.5, 0.6) is 11.5 Å². The van der Waals surface area contributed by atoms with Gasteiger partial charge >= 0.3 is 0 Å². The summed E-state index contributed by atoms with van der Waals surface area (Å²) >= 11 is 0. The molecule has 0 unspecified atom stereocenters. The smallest absolute Gasteiger partial charge is 0.292 e. The molecule has 7 heteroatoms. The molecule has 0 radical (unpaired) electrons. The molecular weight excluding hydrogens is 392 g/mol. The number of aryl methyl sites for hydroxylation is 1. The summed E-state index contributed by atoms with van der Waals surface area (Å²) in [6.45, 7) is 3.89. The molecule has 31 heavy (non-hydrogen) atoms. The van der Waals surface area contributed by atoms with Crippen LogP contribution in [-0.4, -0.2) is 27.8 Å². The second-order valence-electron chi connectivity index (χ2n) is 8.13. The van der Waals surface area contributed by atoms with Crippen LogP contribution in [-0.2, 0) is 7.05 Å². The summed E-state index contributed by atoms with van der Waals surface area (Å²) in [5.74, 6) is 2.00. The van der Waals surface area contributed by atoms with E-state index < -0.39 is 0 Å². The van der Waals surface area contributed by atoms with Crippen molar-refractivity contribution in [3.05, 3.63) is 64.8 Å². The Kier molecular flexibility index (Phi) is 6.21. The number of benzene rings is 2. The van der Waals surface area contributed by atoms with E-state index in [0.717, 1.165) is 43.1 Å². The highest BCUT2D eigenvalue weighted by Gasteiger charge is 2.25. The van der Waals surface area contributed by atoms with E-state index in [1.165, 1.54) is 12.8 Å². The van der Waals surface area contributed by atoms with Crippen molar-refractivity contribution in [1.82, 2.24) is 9.78 Å². The zero-order chi connectivity index (χ0) is 21.8. The van der Waals surface area contributed by atoms with E-state index in [9.17, 15) is 10.1 Å². The Bertz CT molecular complexity index is 1040. The molecule has 0 spiro atoms. The maximum absolute atomic E-state index is 11.6. The highest BCUT2D eigenvalue weighted by molar-refractivity contribution is 5.66. The number of nitro benzene ring substituents is 1. The Morgan fingerprint density at radius 3 is 2.42 bits per heavy atom. The van der Waals surface area contributed by atoms with Gasteiger partial charge < -0.3 is 9.64 Å². The predicted octanol–water partition coefficient (Wildman–Crippen LogP) is 5.80. The normalized spacial score (nSPS) is 14.6. The average molecular weight is 421 g/mol. The molecule has 4 rings (SSSR count). The molecule has 7 nitrogen and oxygen atoms in total. The van der Waals surface area contributed by atoms with E-state index in [1.807, 2.05) is 43.6 Å². The van der Waals surface area contributed by atoms with Crippen LogP contribution in [0.3, 0.4) is 0 Å². The highest BCUT2D eigenvalue weighted by atomic mass is 16.6. The highest BCUT2D eigenvalue weighted by Crippen LogP contribution is 2.37. The van der Waals surface area contributed by atoms with Gasteiger partial charge in [-0.25, -0.2) is 0 Å². The first-order chi connectivity index (χ1) is 15.0. The van der Waals surface area contributed by atoms with Gasteiger partial charge in [-0.05, 0) is 55.2 Å². The molecule has 1 saturated heterocycles. The van der Waals surface area contributed by atoms with Crippen LogP contribution in [0.1, 0.15) is 32.6 Å². The van der Waals surface area contributed by atoms with E-state index >= 15 is 0 Å². The number of hydrogen-bond acceptors (Lipinski definition) is 5. The molecule has 162 valence electrons. The largest absolute Gasteiger partial charge is 0.457 e. The molecule has 0 saturated carbocycles. The summed E-state index contributed by atoms with van der Waals surface area (Å²) < 4.78 is 7.79. The number of ether oxygens (including phenoxy) is 1. The van der Waals surface area contributed by atoms with Gasteiger partial charge in [-0.2, -0.15) is 5.10 Å². The second kappa shape index (κ2) is 9.20. The number of rotatable bonds is 7. The molecule has 0 amide bonds. The van der Waals surface area contributed by atoms with Crippen molar-refractivity contribution in [1.29, 1.82) is 0 Å². The molecule has 2 aromatic carbocycles. The Balaban J connectivity index is 1.51. The molecule has 0 bridgehead atoms. The van der Waals surface area contributed by atoms with E-state index in [4.69, 9.17) is 4.74 Å². The molecule has 2 heterocycles. The number of aromatic nitrogens is 2. The third-order valence-electron chi connectivity index (χ3n) is 5.90. The van der Waals surface area contributed by atoms with E-state index in [1.54, 1.807) is 22.9 Å². The summed E-state index contributed by atoms with van der Waals surface area (Å²) in [5, 5.41) is 16.0. The monoisotopic (exact) mass is 420 g/mol. The quantitative estimate of drug-likeness (QED) is 0.356. The van der Waals surface area contributed by atoms with Crippen LogP contribution in [0.4, 0.5) is 11.4 Å². The van der Waals surface area contributed by atoms with Crippen molar-refractivity contribution in [3.8, 4) is 22.8 Å². The molecule has 1 fully saturated rings. The third kappa shape index (κ3) is 4.87. The van der Waals surface area contributed by atoms with Gasteiger partial charge in [0.05, 0.1) is 10.6 Å². The Hall–Kier alpha value is -3.35. The van der Waals surface area contributed by atoms with Crippen molar-refractivity contribution in [3.63, 3.8) is 0 Å². The van der Waals surface area contributed by atoms with Gasteiger partial charge in [0.1, 0.15) is 17.2 Å². The van der Waals surface area contributed by atoms with Gasteiger partial charge in [0.25, 0.3) is 5.69 Å². The zero-order valence-electron chi connectivity index (χ0n) is 18.0. The minimum Gasteiger partial charge on any atom is -0.457 e. The molecule has 0 N–H and O–H groups in total. The first kappa shape index (κ1) is 20.9. The lowest BCUT2D eigenvalue weighted by molar-refractivity contribution is -0.384. The lowest BCUT2D eigenvalue weighted by Gasteiger charge is -2.33. The maximum Gasteiger partial charge on any atom is 0.292 e. The number of hydrogen-bond donors (Lipinski definition) is 0. The Labute approximate surface area is 182 Å². The van der Waals surface area contributed by atoms with E-state index in [-0.39, 0.29) is 10.6 Å².